The summed E-state index contributed by atoms with van der Waals surface area (Å²) in [6, 6.07) is 5.25. The Morgan fingerprint density at radius 1 is 1.47 bits per heavy atom. The van der Waals surface area contributed by atoms with Gasteiger partial charge in [0.2, 0.25) is 0 Å². The molecular weight excluding hydrogens is 199 g/mol. The topological polar surface area (TPSA) is 54.4 Å². The molecule has 1 N–H and O–H groups in total. The lowest BCUT2D eigenvalue weighted by atomic mass is 9.96. The maximum Gasteiger partial charge on any atom is 0.304 e. The van der Waals surface area contributed by atoms with Crippen LogP contribution in [0.2, 0.25) is 0 Å². The molecule has 0 saturated carbocycles. The van der Waals surface area contributed by atoms with Crippen molar-refractivity contribution in [3.63, 3.8) is 0 Å². The second-order valence-corrected chi connectivity index (χ2v) is 3.37. The van der Waals surface area contributed by atoms with Gasteiger partial charge in [-0.25, -0.2) is 4.39 Å². The molecule has 0 aliphatic carbocycles. The quantitative estimate of drug-likeness (QED) is 0.774. The predicted molar refractivity (Wildman–Crippen MR) is 52.1 cm³/mol. The summed E-state index contributed by atoms with van der Waals surface area (Å²) < 4.78 is 12.8. The molecule has 80 valence electrons. The van der Waals surface area contributed by atoms with Gasteiger partial charge in [-0.1, -0.05) is 19.1 Å². The Morgan fingerprint density at radius 2 is 2.13 bits per heavy atom. The van der Waals surface area contributed by atoms with E-state index in [0.717, 1.165) is 6.07 Å². The number of carbonyl (C=O) groups excluding carboxylic acids is 1. The van der Waals surface area contributed by atoms with Crippen molar-refractivity contribution in [3.8, 4) is 0 Å². The summed E-state index contributed by atoms with van der Waals surface area (Å²) in [5.41, 5.74) is 0.212. The molecule has 0 aliphatic rings. The number of hydrogen-bond donors (Lipinski definition) is 1. The van der Waals surface area contributed by atoms with Crippen LogP contribution in [-0.4, -0.2) is 16.9 Å². The van der Waals surface area contributed by atoms with Gasteiger partial charge in [0.05, 0.1) is 6.42 Å². The molecule has 1 rings (SSSR count). The molecule has 15 heavy (non-hydrogen) atoms. The Bertz CT molecular complexity index is 387. The molecule has 0 fully saturated rings. The van der Waals surface area contributed by atoms with Crippen LogP contribution in [0.1, 0.15) is 23.7 Å². The average molecular weight is 210 g/mol. The van der Waals surface area contributed by atoms with E-state index in [4.69, 9.17) is 5.11 Å². The molecule has 0 saturated heterocycles. The van der Waals surface area contributed by atoms with Gasteiger partial charge in [0.25, 0.3) is 0 Å². The molecule has 4 heteroatoms. The molecule has 1 aromatic rings. The van der Waals surface area contributed by atoms with E-state index in [1.807, 2.05) is 0 Å². The van der Waals surface area contributed by atoms with E-state index in [1.54, 1.807) is 0 Å². The lowest BCUT2D eigenvalue weighted by molar-refractivity contribution is -0.137. The number of aliphatic carboxylic acids is 1. The van der Waals surface area contributed by atoms with Crippen LogP contribution in [0, 0.1) is 11.7 Å². The SMILES string of the molecule is CC(CC(=O)O)C(=O)c1cccc(F)c1. The number of ketones is 1. The summed E-state index contributed by atoms with van der Waals surface area (Å²) in [6.07, 6.45) is -0.241. The lowest BCUT2D eigenvalue weighted by Gasteiger charge is -2.07. The lowest BCUT2D eigenvalue weighted by Crippen LogP contribution is -2.15. The van der Waals surface area contributed by atoms with Crippen LogP contribution < -0.4 is 0 Å². The molecular formula is C11H11FO3. The predicted octanol–water partition coefficient (Wildman–Crippen LogP) is 2.12. The van der Waals surface area contributed by atoms with Crippen molar-refractivity contribution in [2.24, 2.45) is 5.92 Å². The number of Topliss-reactive ketones (excluding diaryl/α,β-unsaturated/α-hetero) is 1. The summed E-state index contributed by atoms with van der Waals surface area (Å²) in [7, 11) is 0. The van der Waals surface area contributed by atoms with Crippen LogP contribution in [0.25, 0.3) is 0 Å². The third kappa shape index (κ3) is 3.16. The van der Waals surface area contributed by atoms with Gasteiger partial charge < -0.3 is 5.11 Å². The Labute approximate surface area is 86.5 Å². The minimum Gasteiger partial charge on any atom is -0.481 e. The van der Waals surface area contributed by atoms with Crippen LogP contribution in [0.4, 0.5) is 4.39 Å². The van der Waals surface area contributed by atoms with Crippen molar-refractivity contribution in [2.45, 2.75) is 13.3 Å². The fourth-order valence-corrected chi connectivity index (χ4v) is 1.28. The number of carboxylic acids is 1. The average Bonchev–Trinajstić information content (AvgIpc) is 2.15. The molecule has 0 spiro atoms. The molecule has 3 nitrogen and oxygen atoms in total. The Morgan fingerprint density at radius 3 is 2.67 bits per heavy atom. The van der Waals surface area contributed by atoms with Gasteiger partial charge in [-0.2, -0.15) is 0 Å². The monoisotopic (exact) mass is 210 g/mol. The first-order valence-corrected chi connectivity index (χ1v) is 4.52. The Balaban J connectivity index is 2.80. The second-order valence-electron chi connectivity index (χ2n) is 3.37. The number of benzene rings is 1. The molecule has 0 radical (unpaired) electrons. The van der Waals surface area contributed by atoms with Crippen LogP contribution in [0.3, 0.4) is 0 Å². The first-order chi connectivity index (χ1) is 7.00. The highest BCUT2D eigenvalue weighted by Gasteiger charge is 2.18. The van der Waals surface area contributed by atoms with Crippen molar-refractivity contribution in [1.29, 1.82) is 0 Å². The minimum atomic E-state index is -1.03. The summed E-state index contributed by atoms with van der Waals surface area (Å²) >= 11 is 0. The molecule has 0 heterocycles. The van der Waals surface area contributed by atoms with Crippen LogP contribution in [0.15, 0.2) is 24.3 Å². The summed E-state index contributed by atoms with van der Waals surface area (Å²) in [6.45, 7) is 1.52. The van der Waals surface area contributed by atoms with E-state index >= 15 is 0 Å². The van der Waals surface area contributed by atoms with Gasteiger partial charge in [-0.15, -0.1) is 0 Å². The number of carbonyl (C=O) groups is 2. The molecule has 1 atom stereocenters. The van der Waals surface area contributed by atoms with Crippen molar-refractivity contribution in [1.82, 2.24) is 0 Å². The van der Waals surface area contributed by atoms with Crippen molar-refractivity contribution < 1.29 is 19.1 Å². The van der Waals surface area contributed by atoms with Crippen molar-refractivity contribution >= 4 is 11.8 Å². The van der Waals surface area contributed by atoms with E-state index in [0.29, 0.717) is 0 Å². The maximum absolute atomic E-state index is 12.8. The maximum atomic E-state index is 12.8. The zero-order chi connectivity index (χ0) is 11.4. The van der Waals surface area contributed by atoms with Crippen LogP contribution in [0.5, 0.6) is 0 Å². The van der Waals surface area contributed by atoms with Crippen LogP contribution in [-0.2, 0) is 4.79 Å². The van der Waals surface area contributed by atoms with Crippen molar-refractivity contribution in [2.75, 3.05) is 0 Å². The number of hydrogen-bond acceptors (Lipinski definition) is 2. The van der Waals surface area contributed by atoms with Gasteiger partial charge in [-0.3, -0.25) is 9.59 Å². The van der Waals surface area contributed by atoms with E-state index in [1.165, 1.54) is 25.1 Å². The highest BCUT2D eigenvalue weighted by Crippen LogP contribution is 2.13. The smallest absolute Gasteiger partial charge is 0.304 e. The zero-order valence-corrected chi connectivity index (χ0v) is 8.24. The zero-order valence-electron chi connectivity index (χ0n) is 8.24. The van der Waals surface area contributed by atoms with Gasteiger partial charge in [0.15, 0.2) is 5.78 Å². The van der Waals surface area contributed by atoms with E-state index in [-0.39, 0.29) is 17.8 Å². The molecule has 0 bridgehead atoms. The molecule has 0 aliphatic heterocycles. The minimum absolute atomic E-state index is 0.212. The normalized spacial score (nSPS) is 12.1. The van der Waals surface area contributed by atoms with E-state index in [2.05, 4.69) is 0 Å². The Kier molecular flexibility index (Phi) is 3.55. The number of carboxylic acid groups (broad SMARTS) is 1. The highest BCUT2D eigenvalue weighted by molar-refractivity contribution is 5.99. The second kappa shape index (κ2) is 4.68. The molecule has 0 amide bonds. The molecule has 0 aromatic heterocycles. The molecule has 1 aromatic carbocycles. The first kappa shape index (κ1) is 11.4. The third-order valence-electron chi connectivity index (χ3n) is 2.04. The van der Waals surface area contributed by atoms with Gasteiger partial charge >= 0.3 is 5.97 Å². The van der Waals surface area contributed by atoms with E-state index < -0.39 is 17.7 Å². The van der Waals surface area contributed by atoms with Gasteiger partial charge in [0, 0.05) is 11.5 Å². The summed E-state index contributed by atoms with van der Waals surface area (Å²) in [5, 5.41) is 8.51. The van der Waals surface area contributed by atoms with Crippen LogP contribution >= 0.6 is 0 Å². The Hall–Kier alpha value is -1.71. The fourth-order valence-electron chi connectivity index (χ4n) is 1.28. The number of rotatable bonds is 4. The van der Waals surface area contributed by atoms with E-state index in [9.17, 15) is 14.0 Å². The molecule has 1 unspecified atom stereocenters. The van der Waals surface area contributed by atoms with Gasteiger partial charge in [-0.05, 0) is 12.1 Å². The first-order valence-electron chi connectivity index (χ1n) is 4.52. The summed E-state index contributed by atoms with van der Waals surface area (Å²) in [4.78, 5) is 22.0. The van der Waals surface area contributed by atoms with Gasteiger partial charge in [0.1, 0.15) is 5.82 Å². The highest BCUT2D eigenvalue weighted by atomic mass is 19.1. The standard InChI is InChI=1S/C11H11FO3/c1-7(5-10(13)14)11(15)8-3-2-4-9(12)6-8/h2-4,6-7H,5H2,1H3,(H,13,14). The third-order valence-corrected chi connectivity index (χ3v) is 2.04. The fraction of sp³-hybridized carbons (Fsp3) is 0.273. The summed E-state index contributed by atoms with van der Waals surface area (Å²) in [5.74, 6) is -2.52. The van der Waals surface area contributed by atoms with Crippen molar-refractivity contribution in [3.05, 3.63) is 35.6 Å². The largest absolute Gasteiger partial charge is 0.481 e. The number of halogens is 1.